The molecule has 0 aromatic carbocycles. The van der Waals surface area contributed by atoms with Crippen LogP contribution in [0.5, 0.6) is 0 Å². The molecule has 15 heteroatoms. The Morgan fingerprint density at radius 3 is 2.18 bits per heavy atom. The van der Waals surface area contributed by atoms with Crippen molar-refractivity contribution in [3.63, 3.8) is 0 Å². The molecule has 14 atom stereocenters. The van der Waals surface area contributed by atoms with Crippen LogP contribution in [0.4, 0.5) is 0 Å². The second kappa shape index (κ2) is 10.6. The number of ether oxygens (including phenoxy) is 4. The fourth-order valence-electron chi connectivity index (χ4n) is 4.43. The molecule has 1 aliphatic carbocycles. The van der Waals surface area contributed by atoms with Crippen LogP contribution in [0.1, 0.15) is 12.8 Å². The summed E-state index contributed by atoms with van der Waals surface area (Å²) in [7, 11) is 0. The van der Waals surface area contributed by atoms with Crippen LogP contribution in [0, 0.1) is 0 Å². The molecule has 15 N–H and O–H groups in total. The molecule has 0 spiro atoms. The third-order valence-electron chi connectivity index (χ3n) is 6.51. The Hall–Kier alpha value is -0.600. The maximum absolute atomic E-state index is 10.7. The standard InChI is InChI=1S/C18H36N4O11/c19-3-8-12(27)13(28)17(30-8)32-15-11(26)5(20)1-6(21)14(15)31-10-2-7(24)16(29)18(22,33-10)9(25)4-23/h5-17,23-29H,1-4,19-22H2/t5-,6+,7-,8-,9-,10+,11+,12+,13+,14-,15-,16+,17+,18-/m1/s1. The van der Waals surface area contributed by atoms with E-state index in [1.807, 2.05) is 0 Å². The molecule has 2 aliphatic heterocycles. The first kappa shape index (κ1) is 27.0. The molecule has 3 fully saturated rings. The lowest BCUT2D eigenvalue weighted by Gasteiger charge is -2.49. The third-order valence-corrected chi connectivity index (χ3v) is 6.51. The van der Waals surface area contributed by atoms with E-state index in [1.165, 1.54) is 0 Å². The number of aliphatic hydroxyl groups is 7. The van der Waals surface area contributed by atoms with Crippen molar-refractivity contribution >= 4 is 0 Å². The van der Waals surface area contributed by atoms with Gasteiger partial charge in [0.1, 0.15) is 42.7 Å². The van der Waals surface area contributed by atoms with Crippen LogP contribution in [0.3, 0.4) is 0 Å². The van der Waals surface area contributed by atoms with Crippen molar-refractivity contribution in [1.29, 1.82) is 0 Å². The van der Waals surface area contributed by atoms with Crippen molar-refractivity contribution < 1.29 is 54.7 Å². The van der Waals surface area contributed by atoms with Gasteiger partial charge in [0.05, 0.1) is 18.8 Å². The molecule has 33 heavy (non-hydrogen) atoms. The van der Waals surface area contributed by atoms with Crippen LogP contribution in [-0.4, -0.2) is 134 Å². The van der Waals surface area contributed by atoms with Gasteiger partial charge in [0.15, 0.2) is 18.3 Å². The Morgan fingerprint density at radius 1 is 0.939 bits per heavy atom. The third kappa shape index (κ3) is 5.18. The molecular weight excluding hydrogens is 448 g/mol. The van der Waals surface area contributed by atoms with Crippen LogP contribution in [0.15, 0.2) is 0 Å². The Bertz CT molecular complexity index is 653. The van der Waals surface area contributed by atoms with Gasteiger partial charge >= 0.3 is 0 Å². The Kier molecular flexibility index (Phi) is 8.65. The van der Waals surface area contributed by atoms with E-state index in [9.17, 15) is 35.7 Å². The number of hydrogen-bond acceptors (Lipinski definition) is 15. The van der Waals surface area contributed by atoms with Gasteiger partial charge in [-0.05, 0) is 6.42 Å². The fraction of sp³-hybridized carbons (Fsp3) is 1.00. The summed E-state index contributed by atoms with van der Waals surface area (Å²) < 4.78 is 22.5. The molecule has 0 aromatic rings. The van der Waals surface area contributed by atoms with E-state index in [0.717, 1.165) is 0 Å². The highest BCUT2D eigenvalue weighted by Gasteiger charge is 2.54. The largest absolute Gasteiger partial charge is 0.394 e. The zero-order valence-electron chi connectivity index (χ0n) is 17.9. The van der Waals surface area contributed by atoms with Crippen molar-refractivity contribution in [2.75, 3.05) is 13.2 Å². The van der Waals surface area contributed by atoms with Gasteiger partial charge in [-0.15, -0.1) is 0 Å². The van der Waals surface area contributed by atoms with Gasteiger partial charge in [0, 0.05) is 25.0 Å². The Labute approximate surface area is 189 Å². The molecule has 1 saturated carbocycles. The van der Waals surface area contributed by atoms with E-state index in [0.29, 0.717) is 0 Å². The summed E-state index contributed by atoms with van der Waals surface area (Å²) in [6.07, 6.45) is -15.3. The van der Waals surface area contributed by atoms with Gasteiger partial charge in [-0.3, -0.25) is 5.73 Å². The zero-order valence-corrected chi connectivity index (χ0v) is 17.9. The molecule has 0 unspecified atom stereocenters. The van der Waals surface area contributed by atoms with Crippen molar-refractivity contribution in [1.82, 2.24) is 0 Å². The van der Waals surface area contributed by atoms with E-state index < -0.39 is 91.9 Å². The van der Waals surface area contributed by atoms with Crippen molar-refractivity contribution in [3.05, 3.63) is 0 Å². The number of nitrogens with two attached hydrogens (primary N) is 4. The van der Waals surface area contributed by atoms with E-state index in [2.05, 4.69) is 0 Å². The minimum Gasteiger partial charge on any atom is -0.394 e. The van der Waals surface area contributed by atoms with Gasteiger partial charge in [0.25, 0.3) is 0 Å². The predicted molar refractivity (Wildman–Crippen MR) is 108 cm³/mol. The van der Waals surface area contributed by atoms with Crippen molar-refractivity contribution in [2.24, 2.45) is 22.9 Å². The second-order valence-electron chi connectivity index (χ2n) is 8.86. The Morgan fingerprint density at radius 2 is 1.61 bits per heavy atom. The molecule has 15 nitrogen and oxygen atoms in total. The van der Waals surface area contributed by atoms with Crippen LogP contribution < -0.4 is 22.9 Å². The van der Waals surface area contributed by atoms with Crippen LogP contribution in [0.2, 0.25) is 0 Å². The molecule has 0 amide bonds. The lowest BCUT2D eigenvalue weighted by atomic mass is 9.84. The summed E-state index contributed by atoms with van der Waals surface area (Å²) in [5.41, 5.74) is 21.3. The summed E-state index contributed by atoms with van der Waals surface area (Å²) in [6, 6.07) is -1.63. The van der Waals surface area contributed by atoms with E-state index in [4.69, 9.17) is 41.9 Å². The average molecular weight is 485 g/mol. The maximum atomic E-state index is 10.7. The fourth-order valence-corrected chi connectivity index (χ4v) is 4.43. The van der Waals surface area contributed by atoms with Gasteiger partial charge in [-0.25, -0.2) is 0 Å². The minimum absolute atomic E-state index is 0.0911. The average Bonchev–Trinajstić information content (AvgIpc) is 3.05. The molecule has 0 bridgehead atoms. The zero-order chi connectivity index (χ0) is 24.7. The summed E-state index contributed by atoms with van der Waals surface area (Å²) in [4.78, 5) is 0. The molecule has 3 aliphatic rings. The van der Waals surface area contributed by atoms with Gasteiger partial charge in [0.2, 0.25) is 0 Å². The lowest BCUT2D eigenvalue weighted by Crippen LogP contribution is -2.71. The van der Waals surface area contributed by atoms with Crippen molar-refractivity contribution in [3.8, 4) is 0 Å². The number of rotatable bonds is 7. The molecule has 3 rings (SSSR count). The summed E-state index contributed by atoms with van der Waals surface area (Å²) in [5.74, 6) is 0. The van der Waals surface area contributed by atoms with Gasteiger partial charge in [-0.2, -0.15) is 0 Å². The number of aliphatic hydroxyl groups excluding tert-OH is 7. The topological polar surface area (TPSA) is 283 Å². The molecule has 2 saturated heterocycles. The quantitative estimate of drug-likeness (QED) is 0.160. The van der Waals surface area contributed by atoms with Crippen LogP contribution >= 0.6 is 0 Å². The van der Waals surface area contributed by atoms with E-state index >= 15 is 0 Å². The number of hydrogen-bond donors (Lipinski definition) is 11. The van der Waals surface area contributed by atoms with Crippen LogP contribution in [0.25, 0.3) is 0 Å². The monoisotopic (exact) mass is 484 g/mol. The van der Waals surface area contributed by atoms with Gasteiger partial charge in [-0.1, -0.05) is 0 Å². The summed E-state index contributed by atoms with van der Waals surface area (Å²) in [5, 5.41) is 70.6. The first-order chi connectivity index (χ1) is 15.4. The highest BCUT2D eigenvalue weighted by atomic mass is 16.7. The predicted octanol–water partition coefficient (Wildman–Crippen LogP) is -6.94. The second-order valence-corrected chi connectivity index (χ2v) is 8.86. The minimum atomic E-state index is -2.26. The lowest BCUT2D eigenvalue weighted by molar-refractivity contribution is -0.342. The Balaban J connectivity index is 1.79. The summed E-state index contributed by atoms with van der Waals surface area (Å²) >= 11 is 0. The smallest absolute Gasteiger partial charge is 0.187 e. The first-order valence-electron chi connectivity index (χ1n) is 10.8. The SMILES string of the molecule is NC[C@H]1O[C@@H](O[C@@H]2[C@@H](O)[C@H](N)C[C@H](N)[C@H]2O[C@@H]2C[C@@H](O)[C@H](O)[C@@](N)([C@H](O)CO)O2)[C@@H](O)[C@H]1O. The molecule has 0 aromatic heterocycles. The van der Waals surface area contributed by atoms with E-state index in [-0.39, 0.29) is 19.4 Å². The molecule has 2 heterocycles. The van der Waals surface area contributed by atoms with Gasteiger partial charge < -0.3 is 71.9 Å². The summed E-state index contributed by atoms with van der Waals surface area (Å²) in [6.45, 7) is -0.955. The molecule has 194 valence electrons. The molecular formula is C18H36N4O11. The maximum Gasteiger partial charge on any atom is 0.187 e. The first-order valence-corrected chi connectivity index (χ1v) is 10.8. The normalized spacial score (nSPS) is 52.1. The highest BCUT2D eigenvalue weighted by molar-refractivity contribution is 5.02. The molecule has 0 radical (unpaired) electrons. The van der Waals surface area contributed by atoms with Crippen molar-refractivity contribution in [2.45, 2.75) is 98.2 Å². The van der Waals surface area contributed by atoms with E-state index in [1.54, 1.807) is 0 Å². The highest BCUT2D eigenvalue weighted by Crippen LogP contribution is 2.34. The van der Waals surface area contributed by atoms with Crippen LogP contribution in [-0.2, 0) is 18.9 Å².